The Bertz CT molecular complexity index is 307. The molecule has 1 rings (SSSR count). The molecule has 0 fully saturated rings. The third kappa shape index (κ3) is 1.62. The average molecular weight is 164 g/mol. The van der Waals surface area contributed by atoms with Crippen molar-refractivity contribution in [2.24, 2.45) is 0 Å². The minimum absolute atomic E-state index is 0.0133. The van der Waals surface area contributed by atoms with Gasteiger partial charge >= 0.3 is 0 Å². The summed E-state index contributed by atoms with van der Waals surface area (Å²) >= 11 is 0. The van der Waals surface area contributed by atoms with Crippen LogP contribution in [-0.4, -0.2) is 10.8 Å². The molecule has 0 aromatic heterocycles. The van der Waals surface area contributed by atoms with Crippen LogP contribution < -0.4 is 5.73 Å². The van der Waals surface area contributed by atoms with Gasteiger partial charge in [-0.05, 0) is 24.6 Å². The van der Waals surface area contributed by atoms with E-state index in [0.29, 0.717) is 17.0 Å². The van der Waals surface area contributed by atoms with E-state index in [-0.39, 0.29) is 6.61 Å². The SMILES string of the molecule is CC(=N)c1cc(CO)ccc1N. The Morgan fingerprint density at radius 3 is 2.75 bits per heavy atom. The van der Waals surface area contributed by atoms with E-state index < -0.39 is 0 Å². The molecule has 0 heterocycles. The van der Waals surface area contributed by atoms with Gasteiger partial charge in [0.05, 0.1) is 6.61 Å². The van der Waals surface area contributed by atoms with Crippen molar-refractivity contribution in [3.63, 3.8) is 0 Å². The lowest BCUT2D eigenvalue weighted by atomic mass is 10.1. The van der Waals surface area contributed by atoms with Crippen LogP contribution in [0.1, 0.15) is 18.1 Å². The van der Waals surface area contributed by atoms with Crippen molar-refractivity contribution in [2.45, 2.75) is 13.5 Å². The Balaban J connectivity index is 3.17. The summed E-state index contributed by atoms with van der Waals surface area (Å²) in [6, 6.07) is 5.19. The van der Waals surface area contributed by atoms with Gasteiger partial charge in [0, 0.05) is 17.0 Å². The standard InChI is InChI=1S/C9H12N2O/c1-6(10)8-4-7(5-12)2-3-9(8)11/h2-4,10,12H,5,11H2,1H3. The Hall–Kier alpha value is -1.35. The van der Waals surface area contributed by atoms with Crippen LogP contribution in [0.5, 0.6) is 0 Å². The predicted octanol–water partition coefficient (Wildman–Crippen LogP) is 1.15. The van der Waals surface area contributed by atoms with E-state index in [4.69, 9.17) is 16.2 Å². The molecular formula is C9H12N2O. The van der Waals surface area contributed by atoms with Crippen LogP contribution in [0.2, 0.25) is 0 Å². The van der Waals surface area contributed by atoms with Gasteiger partial charge in [-0.1, -0.05) is 6.07 Å². The number of hydrogen-bond acceptors (Lipinski definition) is 3. The quantitative estimate of drug-likeness (QED) is 0.453. The molecular weight excluding hydrogens is 152 g/mol. The highest BCUT2D eigenvalue weighted by molar-refractivity contribution is 6.01. The first-order valence-corrected chi connectivity index (χ1v) is 3.70. The molecule has 0 aliphatic rings. The number of anilines is 1. The number of rotatable bonds is 2. The molecule has 3 heteroatoms. The van der Waals surface area contributed by atoms with Crippen LogP contribution in [0.3, 0.4) is 0 Å². The molecule has 0 bridgehead atoms. The smallest absolute Gasteiger partial charge is 0.0682 e. The van der Waals surface area contributed by atoms with Crippen LogP contribution in [0, 0.1) is 5.41 Å². The summed E-state index contributed by atoms with van der Waals surface area (Å²) in [7, 11) is 0. The summed E-state index contributed by atoms with van der Waals surface area (Å²) in [6.07, 6.45) is 0. The summed E-state index contributed by atoms with van der Waals surface area (Å²) in [5, 5.41) is 16.2. The highest BCUT2D eigenvalue weighted by Gasteiger charge is 2.01. The third-order valence-electron chi connectivity index (χ3n) is 1.70. The number of nitrogens with one attached hydrogen (secondary N) is 1. The van der Waals surface area contributed by atoms with Gasteiger partial charge in [0.15, 0.2) is 0 Å². The van der Waals surface area contributed by atoms with Crippen molar-refractivity contribution in [3.8, 4) is 0 Å². The molecule has 3 nitrogen and oxygen atoms in total. The molecule has 0 radical (unpaired) electrons. The van der Waals surface area contributed by atoms with E-state index in [2.05, 4.69) is 0 Å². The third-order valence-corrected chi connectivity index (χ3v) is 1.70. The second-order valence-corrected chi connectivity index (χ2v) is 2.70. The van der Waals surface area contributed by atoms with Gasteiger partial charge in [-0.25, -0.2) is 0 Å². The first-order valence-electron chi connectivity index (χ1n) is 3.70. The molecule has 64 valence electrons. The number of aliphatic hydroxyl groups excluding tert-OH is 1. The number of nitrogen functional groups attached to an aromatic ring is 1. The molecule has 0 saturated carbocycles. The number of benzene rings is 1. The van der Waals surface area contributed by atoms with Gasteiger partial charge in [0.25, 0.3) is 0 Å². The second kappa shape index (κ2) is 3.36. The summed E-state index contributed by atoms with van der Waals surface area (Å²) in [6.45, 7) is 1.66. The van der Waals surface area contributed by atoms with Gasteiger partial charge in [-0.2, -0.15) is 0 Å². The summed E-state index contributed by atoms with van der Waals surface area (Å²) in [5.74, 6) is 0. The van der Waals surface area contributed by atoms with Crippen LogP contribution in [0.4, 0.5) is 5.69 Å². The first-order chi connectivity index (χ1) is 5.65. The van der Waals surface area contributed by atoms with Crippen molar-refractivity contribution in [1.82, 2.24) is 0 Å². The molecule has 4 N–H and O–H groups in total. The zero-order chi connectivity index (χ0) is 9.14. The van der Waals surface area contributed by atoms with Gasteiger partial charge in [0.2, 0.25) is 0 Å². The van der Waals surface area contributed by atoms with E-state index in [0.717, 1.165) is 5.56 Å². The largest absolute Gasteiger partial charge is 0.398 e. The number of hydrogen-bond donors (Lipinski definition) is 3. The molecule has 0 aliphatic heterocycles. The van der Waals surface area contributed by atoms with E-state index >= 15 is 0 Å². The normalized spacial score (nSPS) is 9.83. The van der Waals surface area contributed by atoms with Gasteiger partial charge in [0.1, 0.15) is 0 Å². The maximum atomic E-state index is 8.82. The fourth-order valence-electron chi connectivity index (χ4n) is 1.03. The van der Waals surface area contributed by atoms with Crippen LogP contribution in [0.25, 0.3) is 0 Å². The molecule has 0 saturated heterocycles. The van der Waals surface area contributed by atoms with Crippen LogP contribution in [0.15, 0.2) is 18.2 Å². The highest BCUT2D eigenvalue weighted by Crippen LogP contribution is 2.14. The number of nitrogens with two attached hydrogens (primary N) is 1. The maximum absolute atomic E-state index is 8.82. The van der Waals surface area contributed by atoms with Gasteiger partial charge < -0.3 is 16.2 Å². The van der Waals surface area contributed by atoms with Crippen molar-refractivity contribution >= 4 is 11.4 Å². The van der Waals surface area contributed by atoms with Crippen molar-refractivity contribution in [3.05, 3.63) is 29.3 Å². The monoisotopic (exact) mass is 164 g/mol. The Labute approximate surface area is 71.3 Å². The lowest BCUT2D eigenvalue weighted by Gasteiger charge is -2.04. The molecule has 0 aliphatic carbocycles. The van der Waals surface area contributed by atoms with E-state index in [1.807, 2.05) is 0 Å². The van der Waals surface area contributed by atoms with E-state index in [9.17, 15) is 0 Å². The van der Waals surface area contributed by atoms with Crippen LogP contribution >= 0.6 is 0 Å². The summed E-state index contributed by atoms with van der Waals surface area (Å²) < 4.78 is 0. The minimum Gasteiger partial charge on any atom is -0.398 e. The maximum Gasteiger partial charge on any atom is 0.0682 e. The molecule has 1 aromatic carbocycles. The fraction of sp³-hybridized carbons (Fsp3) is 0.222. The second-order valence-electron chi connectivity index (χ2n) is 2.70. The predicted molar refractivity (Wildman–Crippen MR) is 49.3 cm³/mol. The van der Waals surface area contributed by atoms with E-state index in [1.165, 1.54) is 0 Å². The van der Waals surface area contributed by atoms with Gasteiger partial charge in [-0.3, -0.25) is 0 Å². The van der Waals surface area contributed by atoms with Crippen molar-refractivity contribution in [2.75, 3.05) is 5.73 Å². The summed E-state index contributed by atoms with van der Waals surface area (Å²) in [5.41, 5.74) is 8.10. The lowest BCUT2D eigenvalue weighted by molar-refractivity contribution is 0.282. The molecule has 0 unspecified atom stereocenters. The Morgan fingerprint density at radius 1 is 1.58 bits per heavy atom. The zero-order valence-electron chi connectivity index (χ0n) is 6.96. The van der Waals surface area contributed by atoms with Crippen molar-refractivity contribution in [1.29, 1.82) is 5.41 Å². The minimum atomic E-state index is -0.0133. The zero-order valence-corrected chi connectivity index (χ0v) is 6.96. The molecule has 0 amide bonds. The molecule has 0 spiro atoms. The summed E-state index contributed by atoms with van der Waals surface area (Å²) in [4.78, 5) is 0. The van der Waals surface area contributed by atoms with Crippen LogP contribution in [-0.2, 0) is 6.61 Å². The lowest BCUT2D eigenvalue weighted by Crippen LogP contribution is -2.00. The van der Waals surface area contributed by atoms with E-state index in [1.54, 1.807) is 25.1 Å². The first kappa shape index (κ1) is 8.74. The fourth-order valence-corrected chi connectivity index (χ4v) is 1.03. The Morgan fingerprint density at radius 2 is 2.25 bits per heavy atom. The van der Waals surface area contributed by atoms with Crippen molar-refractivity contribution < 1.29 is 5.11 Å². The molecule has 12 heavy (non-hydrogen) atoms. The topological polar surface area (TPSA) is 70.1 Å². The average Bonchev–Trinajstić information content (AvgIpc) is 2.05. The highest BCUT2D eigenvalue weighted by atomic mass is 16.3. The molecule has 0 atom stereocenters. The number of aliphatic hydroxyl groups is 1. The van der Waals surface area contributed by atoms with Gasteiger partial charge in [-0.15, -0.1) is 0 Å². The molecule has 1 aromatic rings. The Kier molecular flexibility index (Phi) is 2.45.